The molecule has 0 aliphatic carbocycles. The van der Waals surface area contributed by atoms with Crippen LogP contribution in [-0.4, -0.2) is 0 Å². The minimum atomic E-state index is 0.787. The van der Waals surface area contributed by atoms with Gasteiger partial charge in [-0.2, -0.15) is 0 Å². The van der Waals surface area contributed by atoms with Crippen LogP contribution in [0.1, 0.15) is 44.5 Å². The van der Waals surface area contributed by atoms with Gasteiger partial charge < -0.3 is 0 Å². The van der Waals surface area contributed by atoms with E-state index in [4.69, 9.17) is 8.83 Å². The van der Waals surface area contributed by atoms with Crippen molar-refractivity contribution in [3.05, 3.63) is 311 Å². The van der Waals surface area contributed by atoms with Crippen LogP contribution >= 0.6 is 0 Å². The molecular weight excluding hydrogens is 897 g/mol. The Kier molecular flexibility index (Phi) is 14.2. The van der Waals surface area contributed by atoms with Crippen LogP contribution < -0.4 is 0 Å². The first-order valence-electron chi connectivity index (χ1n) is 25.0. The summed E-state index contributed by atoms with van der Waals surface area (Å²) in [6.07, 6.45) is 17.1. The standard InChI is InChI=1S/C72H52O2/c1-5-13-53(14-6-1)21-25-57-29-37-63(38-30-57)69-49-67(50-70(73-69)64-39-31-58(32-40-64)26-22-54-15-7-2-8-16-54)61-45-47-62(48-46-61)68-51-71(65-41-33-59(34-42-65)27-23-55-17-9-3-10-18-55)74-72(52-68)66-43-35-60(36-44-66)28-24-56-19-11-4-12-20-56/h1-52H/q+2/b25-21+,26-22+,27-23+,28-24+. The molecule has 0 unspecified atom stereocenters. The van der Waals surface area contributed by atoms with Gasteiger partial charge in [0, 0.05) is 11.1 Å². The highest BCUT2D eigenvalue weighted by atomic mass is 16.3. The Labute approximate surface area is 434 Å². The molecule has 0 fully saturated rings. The van der Waals surface area contributed by atoms with Gasteiger partial charge in [0.25, 0.3) is 0 Å². The van der Waals surface area contributed by atoms with E-state index in [-0.39, 0.29) is 0 Å². The summed E-state index contributed by atoms with van der Waals surface area (Å²) < 4.78 is 13.6. The molecule has 0 bridgehead atoms. The first-order chi connectivity index (χ1) is 36.6. The summed E-state index contributed by atoms with van der Waals surface area (Å²) in [5.74, 6) is 3.15. The first kappa shape index (κ1) is 46.6. The highest BCUT2D eigenvalue weighted by molar-refractivity contribution is 5.81. The van der Waals surface area contributed by atoms with E-state index in [9.17, 15) is 0 Å². The third-order valence-corrected chi connectivity index (χ3v) is 13.0. The molecule has 2 heterocycles. The SMILES string of the molecule is C(=C\c1ccc(-c2cc(-c3ccc(-c4cc(-c5ccc(/C=C/c6ccccc6)cc5)[o+]c(-c5ccc(/C=C/c6ccccc6)cc5)c4)cc3)cc(-c3ccc(/C=C/c4ccccc4)cc3)[o+]2)cc1)/c1ccccc1. The fraction of sp³-hybridized carbons (Fsp3) is 0. The molecular formula is C72H52O2+2. The molecule has 350 valence electrons. The smallest absolute Gasteiger partial charge is 0.207 e. The highest BCUT2D eigenvalue weighted by Gasteiger charge is 2.23. The molecule has 0 aliphatic heterocycles. The lowest BCUT2D eigenvalue weighted by Gasteiger charge is -2.06. The average molecular weight is 949 g/mol. The summed E-state index contributed by atoms with van der Waals surface area (Å²) in [5, 5.41) is 0. The Morgan fingerprint density at radius 2 is 0.338 bits per heavy atom. The Hall–Kier alpha value is -9.76. The topological polar surface area (TPSA) is 22.6 Å². The maximum Gasteiger partial charge on any atom is 0.361 e. The van der Waals surface area contributed by atoms with Crippen molar-refractivity contribution in [3.8, 4) is 67.5 Å². The zero-order chi connectivity index (χ0) is 49.7. The molecule has 74 heavy (non-hydrogen) atoms. The molecule has 2 aromatic heterocycles. The van der Waals surface area contributed by atoms with E-state index in [2.05, 4.69) is 291 Å². The summed E-state index contributed by atoms with van der Waals surface area (Å²) >= 11 is 0. The molecule has 11 aromatic rings. The Balaban J connectivity index is 0.926. The number of rotatable bonds is 14. The Morgan fingerprint density at radius 1 is 0.162 bits per heavy atom. The number of hydrogen-bond donors (Lipinski definition) is 0. The maximum absolute atomic E-state index is 6.78. The van der Waals surface area contributed by atoms with Crippen LogP contribution in [-0.2, 0) is 0 Å². The largest absolute Gasteiger partial charge is 0.361 e. The average Bonchev–Trinajstić information content (AvgIpc) is 3.48. The van der Waals surface area contributed by atoms with Gasteiger partial charge >= 0.3 is 23.0 Å². The van der Waals surface area contributed by atoms with Gasteiger partial charge in [-0.15, -0.1) is 0 Å². The molecule has 2 nitrogen and oxygen atoms in total. The third-order valence-electron chi connectivity index (χ3n) is 13.0. The Morgan fingerprint density at radius 3 is 0.541 bits per heavy atom. The van der Waals surface area contributed by atoms with Crippen LogP contribution in [0.3, 0.4) is 0 Å². The summed E-state index contributed by atoms with van der Waals surface area (Å²) in [4.78, 5) is 0. The Bertz CT molecular complexity index is 3250. The van der Waals surface area contributed by atoms with E-state index in [0.29, 0.717) is 0 Å². The van der Waals surface area contributed by atoms with E-state index < -0.39 is 0 Å². The van der Waals surface area contributed by atoms with Gasteiger partial charge in [-0.25, -0.2) is 8.83 Å². The predicted molar refractivity (Wildman–Crippen MR) is 314 cm³/mol. The van der Waals surface area contributed by atoms with E-state index in [1.54, 1.807) is 0 Å². The normalized spacial score (nSPS) is 11.6. The molecule has 0 atom stereocenters. The molecule has 0 saturated carbocycles. The van der Waals surface area contributed by atoms with Crippen LogP contribution in [0.25, 0.3) is 116 Å². The molecule has 0 spiro atoms. The molecule has 0 N–H and O–H groups in total. The maximum atomic E-state index is 6.78. The van der Waals surface area contributed by atoms with Gasteiger partial charge in [0.1, 0.15) is 0 Å². The van der Waals surface area contributed by atoms with Crippen LogP contribution in [0.2, 0.25) is 0 Å². The lowest BCUT2D eigenvalue weighted by Crippen LogP contribution is -1.88. The zero-order valence-corrected chi connectivity index (χ0v) is 40.8. The van der Waals surface area contributed by atoms with E-state index in [1.807, 2.05) is 24.3 Å². The van der Waals surface area contributed by atoms with E-state index in [0.717, 1.165) is 112 Å². The van der Waals surface area contributed by atoms with Crippen molar-refractivity contribution in [2.24, 2.45) is 0 Å². The van der Waals surface area contributed by atoms with E-state index in [1.165, 1.54) is 0 Å². The molecule has 0 radical (unpaired) electrons. The lowest BCUT2D eigenvalue weighted by atomic mass is 9.97. The second kappa shape index (κ2) is 22.5. The van der Waals surface area contributed by atoms with E-state index >= 15 is 0 Å². The van der Waals surface area contributed by atoms with Crippen molar-refractivity contribution in [2.75, 3.05) is 0 Å². The monoisotopic (exact) mass is 948 g/mol. The van der Waals surface area contributed by atoms with Crippen molar-refractivity contribution in [2.45, 2.75) is 0 Å². The summed E-state index contributed by atoms with van der Waals surface area (Å²) in [7, 11) is 0. The lowest BCUT2D eigenvalue weighted by molar-refractivity contribution is 0.582. The summed E-state index contributed by atoms with van der Waals surface area (Å²) in [6.45, 7) is 0. The van der Waals surface area contributed by atoms with Crippen molar-refractivity contribution < 1.29 is 8.83 Å². The second-order valence-electron chi connectivity index (χ2n) is 18.2. The molecule has 0 aliphatic rings. The number of hydrogen-bond acceptors (Lipinski definition) is 0. The number of benzene rings is 9. The van der Waals surface area contributed by atoms with Gasteiger partial charge in [-0.1, -0.05) is 243 Å². The first-order valence-corrected chi connectivity index (χ1v) is 25.0. The zero-order valence-electron chi connectivity index (χ0n) is 40.8. The predicted octanol–water partition coefficient (Wildman–Crippen LogP) is 20.1. The van der Waals surface area contributed by atoms with Gasteiger partial charge in [0.2, 0.25) is 0 Å². The van der Waals surface area contributed by atoms with Gasteiger partial charge in [0.05, 0.1) is 46.5 Å². The van der Waals surface area contributed by atoms with Crippen molar-refractivity contribution in [1.82, 2.24) is 0 Å². The minimum Gasteiger partial charge on any atom is -0.207 e. The summed E-state index contributed by atoms with van der Waals surface area (Å²) in [5.41, 5.74) is 17.4. The molecule has 9 aromatic carbocycles. The fourth-order valence-corrected chi connectivity index (χ4v) is 8.82. The molecule has 11 rings (SSSR count). The van der Waals surface area contributed by atoms with Gasteiger partial charge in [-0.3, -0.25) is 0 Å². The van der Waals surface area contributed by atoms with Crippen molar-refractivity contribution in [1.29, 1.82) is 0 Å². The van der Waals surface area contributed by atoms with Crippen LogP contribution in [0, 0.1) is 0 Å². The molecule has 2 heteroatoms. The van der Waals surface area contributed by atoms with Crippen LogP contribution in [0.15, 0.2) is 276 Å². The highest BCUT2D eigenvalue weighted by Crippen LogP contribution is 2.37. The fourth-order valence-electron chi connectivity index (χ4n) is 8.82. The van der Waals surface area contributed by atoms with Crippen molar-refractivity contribution >= 4 is 48.6 Å². The second-order valence-corrected chi connectivity index (χ2v) is 18.2. The molecule has 0 amide bonds. The van der Waals surface area contributed by atoms with Crippen LogP contribution in [0.4, 0.5) is 0 Å². The molecule has 0 saturated heterocycles. The third kappa shape index (κ3) is 11.9. The van der Waals surface area contributed by atoms with Crippen molar-refractivity contribution in [3.63, 3.8) is 0 Å². The van der Waals surface area contributed by atoms with Gasteiger partial charge in [-0.05, 0) is 104 Å². The van der Waals surface area contributed by atoms with Gasteiger partial charge in [0.15, 0.2) is 0 Å². The summed E-state index contributed by atoms with van der Waals surface area (Å²) in [6, 6.07) is 93.1. The quantitative estimate of drug-likeness (QED) is 0.0801. The minimum absolute atomic E-state index is 0.787. The van der Waals surface area contributed by atoms with Crippen LogP contribution in [0.5, 0.6) is 0 Å².